The number of carboxylic acid groups (broad SMARTS) is 1. The minimum absolute atomic E-state index is 0.160. The summed E-state index contributed by atoms with van der Waals surface area (Å²) >= 11 is 3.37. The molecular weight excluding hydrogens is 284 g/mol. The van der Waals surface area contributed by atoms with E-state index in [0.717, 1.165) is 29.0 Å². The van der Waals surface area contributed by atoms with Gasteiger partial charge in [0.15, 0.2) is 5.78 Å². The Labute approximate surface area is 107 Å². The zero-order valence-corrected chi connectivity index (χ0v) is 10.7. The molecule has 0 saturated carbocycles. The zero-order valence-electron chi connectivity index (χ0n) is 9.07. The topological polar surface area (TPSA) is 54.4 Å². The molecular formula is C13H11BrO3. The van der Waals surface area contributed by atoms with Crippen molar-refractivity contribution in [2.75, 3.05) is 0 Å². The number of allylic oxidation sites excluding steroid dienone is 1. The van der Waals surface area contributed by atoms with Crippen LogP contribution in [0.15, 0.2) is 34.3 Å². The maximum Gasteiger partial charge on any atom is 0.328 e. The molecule has 1 N–H and O–H groups in total. The molecule has 0 radical (unpaired) electrons. The van der Waals surface area contributed by atoms with Crippen molar-refractivity contribution < 1.29 is 14.7 Å². The van der Waals surface area contributed by atoms with Crippen LogP contribution in [0, 0.1) is 0 Å². The van der Waals surface area contributed by atoms with Gasteiger partial charge in [0.25, 0.3) is 0 Å². The maximum atomic E-state index is 12.1. The van der Waals surface area contributed by atoms with Crippen molar-refractivity contribution in [3.8, 4) is 0 Å². The number of aliphatic carboxylic acids is 1. The Morgan fingerprint density at radius 3 is 2.82 bits per heavy atom. The minimum Gasteiger partial charge on any atom is -0.478 e. The van der Waals surface area contributed by atoms with Crippen LogP contribution in [0.25, 0.3) is 0 Å². The highest BCUT2D eigenvalue weighted by Crippen LogP contribution is 2.26. The summed E-state index contributed by atoms with van der Waals surface area (Å²) in [5.41, 5.74) is 2.00. The lowest BCUT2D eigenvalue weighted by atomic mass is 10.00. The molecule has 88 valence electrons. The first-order valence-electron chi connectivity index (χ1n) is 5.34. The maximum absolute atomic E-state index is 12.1. The first-order valence-corrected chi connectivity index (χ1v) is 6.14. The van der Waals surface area contributed by atoms with Gasteiger partial charge in [-0.2, -0.15) is 0 Å². The summed E-state index contributed by atoms with van der Waals surface area (Å²) in [6.45, 7) is 0. The van der Waals surface area contributed by atoms with Crippen LogP contribution in [0.5, 0.6) is 0 Å². The normalized spacial score (nSPS) is 17.7. The van der Waals surface area contributed by atoms with Crippen molar-refractivity contribution in [2.24, 2.45) is 0 Å². The molecule has 17 heavy (non-hydrogen) atoms. The summed E-state index contributed by atoms with van der Waals surface area (Å²) < 4.78 is 0.940. The lowest BCUT2D eigenvalue weighted by Crippen LogP contribution is -2.05. The Bertz CT molecular complexity index is 517. The fraction of sp³-hybridized carbons (Fsp3) is 0.231. The Hall–Kier alpha value is -1.42. The first-order chi connectivity index (χ1) is 8.08. The lowest BCUT2D eigenvalue weighted by molar-refractivity contribution is -0.131. The number of carbonyl (C=O) groups is 2. The van der Waals surface area contributed by atoms with Gasteiger partial charge in [-0.05, 0) is 43.0 Å². The van der Waals surface area contributed by atoms with Gasteiger partial charge < -0.3 is 5.11 Å². The second-order valence-corrected chi connectivity index (χ2v) is 4.91. The molecule has 1 aliphatic rings. The number of carbonyl (C=O) groups excluding carboxylic acids is 1. The Kier molecular flexibility index (Phi) is 3.43. The van der Waals surface area contributed by atoms with E-state index in [-0.39, 0.29) is 5.78 Å². The molecule has 1 aromatic carbocycles. The third-order valence-electron chi connectivity index (χ3n) is 2.79. The number of hydrogen-bond acceptors (Lipinski definition) is 2. The molecule has 0 amide bonds. The van der Waals surface area contributed by atoms with Crippen molar-refractivity contribution in [1.29, 1.82) is 0 Å². The Morgan fingerprint density at radius 2 is 2.12 bits per heavy atom. The zero-order chi connectivity index (χ0) is 12.4. The highest BCUT2D eigenvalue weighted by Gasteiger charge is 2.20. The average Bonchev–Trinajstić information content (AvgIpc) is 2.39. The number of aryl methyl sites for hydroxylation is 1. The summed E-state index contributed by atoms with van der Waals surface area (Å²) in [7, 11) is 0. The van der Waals surface area contributed by atoms with E-state index in [1.807, 2.05) is 6.07 Å². The lowest BCUT2D eigenvalue weighted by Gasteiger charge is -2.05. The van der Waals surface area contributed by atoms with Gasteiger partial charge in [-0.25, -0.2) is 4.79 Å². The SMILES string of the molecule is O=C(O)/C=C1\CCCc2cc(Br)ccc2C1=O. The second-order valence-electron chi connectivity index (χ2n) is 3.99. The van der Waals surface area contributed by atoms with Gasteiger partial charge in [-0.15, -0.1) is 0 Å². The fourth-order valence-corrected chi connectivity index (χ4v) is 2.44. The van der Waals surface area contributed by atoms with Crippen LogP contribution in [0.4, 0.5) is 0 Å². The van der Waals surface area contributed by atoms with Crippen LogP contribution in [0.1, 0.15) is 28.8 Å². The number of fused-ring (bicyclic) bond motifs is 1. The summed E-state index contributed by atoms with van der Waals surface area (Å²) in [5.74, 6) is -1.22. The van der Waals surface area contributed by atoms with Crippen LogP contribution in [-0.4, -0.2) is 16.9 Å². The second kappa shape index (κ2) is 4.84. The number of Topliss-reactive ketones (excluding diaryl/α,β-unsaturated/α-hetero) is 1. The quantitative estimate of drug-likeness (QED) is 0.640. The molecule has 0 fully saturated rings. The highest BCUT2D eigenvalue weighted by molar-refractivity contribution is 9.10. The third-order valence-corrected chi connectivity index (χ3v) is 3.29. The number of rotatable bonds is 1. The van der Waals surface area contributed by atoms with Crippen LogP contribution in [0.2, 0.25) is 0 Å². The Morgan fingerprint density at radius 1 is 1.35 bits per heavy atom. The van der Waals surface area contributed by atoms with Crippen molar-refractivity contribution in [3.05, 3.63) is 45.4 Å². The van der Waals surface area contributed by atoms with Gasteiger partial charge in [0, 0.05) is 21.7 Å². The molecule has 4 heteroatoms. The van der Waals surface area contributed by atoms with Gasteiger partial charge in [0.1, 0.15) is 0 Å². The van der Waals surface area contributed by atoms with Gasteiger partial charge in [-0.1, -0.05) is 15.9 Å². The smallest absolute Gasteiger partial charge is 0.328 e. The van der Waals surface area contributed by atoms with Crippen molar-refractivity contribution in [3.63, 3.8) is 0 Å². The van der Waals surface area contributed by atoms with E-state index in [4.69, 9.17) is 5.11 Å². The number of benzene rings is 1. The molecule has 3 nitrogen and oxygen atoms in total. The predicted molar refractivity (Wildman–Crippen MR) is 67.1 cm³/mol. The number of halogens is 1. The van der Waals surface area contributed by atoms with Gasteiger partial charge in [0.05, 0.1) is 0 Å². The summed E-state index contributed by atoms with van der Waals surface area (Å²) in [6, 6.07) is 5.49. The van der Waals surface area contributed by atoms with E-state index in [2.05, 4.69) is 15.9 Å². The molecule has 0 atom stereocenters. The number of carboxylic acids is 1. The molecule has 0 aliphatic heterocycles. The van der Waals surface area contributed by atoms with Crippen LogP contribution in [-0.2, 0) is 11.2 Å². The number of hydrogen-bond donors (Lipinski definition) is 1. The monoisotopic (exact) mass is 294 g/mol. The van der Waals surface area contributed by atoms with Gasteiger partial charge >= 0.3 is 5.97 Å². The number of ketones is 1. The summed E-state index contributed by atoms with van der Waals surface area (Å²) in [6.07, 6.45) is 3.16. The molecule has 0 unspecified atom stereocenters. The van der Waals surface area contributed by atoms with Crippen molar-refractivity contribution >= 4 is 27.7 Å². The van der Waals surface area contributed by atoms with E-state index in [1.165, 1.54) is 0 Å². The third kappa shape index (κ3) is 2.64. The van der Waals surface area contributed by atoms with Gasteiger partial charge in [0.2, 0.25) is 0 Å². The molecule has 0 aromatic heterocycles. The summed E-state index contributed by atoms with van der Waals surface area (Å²) in [5, 5.41) is 8.73. The molecule has 0 spiro atoms. The largest absolute Gasteiger partial charge is 0.478 e. The van der Waals surface area contributed by atoms with E-state index in [1.54, 1.807) is 12.1 Å². The van der Waals surface area contributed by atoms with Crippen LogP contribution in [0.3, 0.4) is 0 Å². The predicted octanol–water partition coefficient (Wildman–Crippen LogP) is 2.98. The molecule has 2 rings (SSSR count). The highest BCUT2D eigenvalue weighted by atomic mass is 79.9. The van der Waals surface area contributed by atoms with Gasteiger partial charge in [-0.3, -0.25) is 4.79 Å². The van der Waals surface area contributed by atoms with E-state index < -0.39 is 5.97 Å². The molecule has 1 aromatic rings. The van der Waals surface area contributed by atoms with E-state index >= 15 is 0 Å². The van der Waals surface area contributed by atoms with E-state index in [0.29, 0.717) is 17.6 Å². The minimum atomic E-state index is -1.06. The van der Waals surface area contributed by atoms with Crippen LogP contribution < -0.4 is 0 Å². The molecule has 1 aliphatic carbocycles. The summed E-state index contributed by atoms with van der Waals surface area (Å²) in [4.78, 5) is 22.8. The van der Waals surface area contributed by atoms with E-state index in [9.17, 15) is 9.59 Å². The molecule has 0 heterocycles. The Balaban J connectivity index is 2.47. The van der Waals surface area contributed by atoms with Crippen LogP contribution >= 0.6 is 15.9 Å². The van der Waals surface area contributed by atoms with Crippen molar-refractivity contribution in [1.82, 2.24) is 0 Å². The fourth-order valence-electron chi connectivity index (χ4n) is 2.03. The first kappa shape index (κ1) is 12.0. The van der Waals surface area contributed by atoms with Crippen molar-refractivity contribution in [2.45, 2.75) is 19.3 Å². The molecule has 0 saturated heterocycles. The average molecular weight is 295 g/mol. The molecule has 0 bridgehead atoms. The standard InChI is InChI=1S/C13H11BrO3/c14-10-4-5-11-8(6-10)2-1-3-9(13(11)17)7-12(15)16/h4-7H,1-3H2,(H,15,16)/b9-7+.